The number of nitrogens with one attached hydrogen (secondary N) is 1. The predicted octanol–water partition coefficient (Wildman–Crippen LogP) is 3.19. The first-order valence-electron chi connectivity index (χ1n) is 6.43. The lowest BCUT2D eigenvalue weighted by atomic mass is 10.2. The van der Waals surface area contributed by atoms with Crippen molar-refractivity contribution in [1.29, 1.82) is 0 Å². The second-order valence-corrected chi connectivity index (χ2v) is 6.13. The van der Waals surface area contributed by atoms with Gasteiger partial charge >= 0.3 is 0 Å². The summed E-state index contributed by atoms with van der Waals surface area (Å²) < 4.78 is 0. The van der Waals surface area contributed by atoms with Gasteiger partial charge in [0.25, 0.3) is 0 Å². The summed E-state index contributed by atoms with van der Waals surface area (Å²) in [7, 11) is 0. The number of hydrogen-bond acceptors (Lipinski definition) is 3. The van der Waals surface area contributed by atoms with Crippen LogP contribution in [0.25, 0.3) is 0 Å². The lowest BCUT2D eigenvalue weighted by Gasteiger charge is -2.10. The van der Waals surface area contributed by atoms with Gasteiger partial charge in [-0.3, -0.25) is 4.79 Å². The molecule has 0 spiro atoms. The molecule has 0 saturated heterocycles. The van der Waals surface area contributed by atoms with Crippen molar-refractivity contribution >= 4 is 29.0 Å². The highest BCUT2D eigenvalue weighted by Gasteiger charge is 2.16. The summed E-state index contributed by atoms with van der Waals surface area (Å²) in [5.74, 6) is 0.605. The average Bonchev–Trinajstić information content (AvgIpc) is 2.84. The van der Waals surface area contributed by atoms with Crippen molar-refractivity contribution in [2.45, 2.75) is 37.9 Å². The fourth-order valence-electron chi connectivity index (χ4n) is 2.16. The number of amides is 1. The molecule has 1 fully saturated rings. The molecule has 0 atom stereocenters. The lowest BCUT2D eigenvalue weighted by Crippen LogP contribution is -2.16. The highest BCUT2D eigenvalue weighted by atomic mass is 32.2. The fourth-order valence-corrected chi connectivity index (χ4v) is 3.29. The minimum atomic E-state index is 0.0650. The molecule has 1 amide bonds. The molecule has 1 aromatic rings. The van der Waals surface area contributed by atoms with E-state index in [9.17, 15) is 4.79 Å². The second kappa shape index (κ2) is 6.14. The van der Waals surface area contributed by atoms with Gasteiger partial charge in [-0.1, -0.05) is 18.9 Å². The largest absolute Gasteiger partial charge is 0.398 e. The van der Waals surface area contributed by atoms with Gasteiger partial charge in [0.2, 0.25) is 5.91 Å². The van der Waals surface area contributed by atoms with Gasteiger partial charge in [-0.2, -0.15) is 0 Å². The second-order valence-electron chi connectivity index (χ2n) is 4.84. The third-order valence-electron chi connectivity index (χ3n) is 3.32. The van der Waals surface area contributed by atoms with E-state index in [1.807, 2.05) is 25.1 Å². The van der Waals surface area contributed by atoms with Gasteiger partial charge in [0, 0.05) is 16.6 Å². The van der Waals surface area contributed by atoms with Crippen molar-refractivity contribution in [3.8, 4) is 0 Å². The van der Waals surface area contributed by atoms with Crippen LogP contribution in [0.2, 0.25) is 0 Å². The molecular weight excluding hydrogens is 244 g/mol. The van der Waals surface area contributed by atoms with Gasteiger partial charge in [-0.25, -0.2) is 0 Å². The Bertz CT molecular complexity index is 428. The number of benzene rings is 1. The van der Waals surface area contributed by atoms with Gasteiger partial charge in [-0.05, 0) is 37.5 Å². The number of anilines is 2. The van der Waals surface area contributed by atoms with E-state index in [1.165, 1.54) is 25.7 Å². The van der Waals surface area contributed by atoms with Gasteiger partial charge in [-0.15, -0.1) is 11.8 Å². The van der Waals surface area contributed by atoms with Crippen LogP contribution in [0, 0.1) is 6.92 Å². The van der Waals surface area contributed by atoms with Crippen LogP contribution in [0.1, 0.15) is 31.2 Å². The quantitative estimate of drug-likeness (QED) is 0.821. The van der Waals surface area contributed by atoms with Gasteiger partial charge in [0.05, 0.1) is 5.75 Å². The van der Waals surface area contributed by atoms with Crippen molar-refractivity contribution in [3.05, 3.63) is 23.8 Å². The molecule has 1 aromatic carbocycles. The van der Waals surface area contributed by atoms with Crippen LogP contribution >= 0.6 is 11.8 Å². The fraction of sp³-hybridized carbons (Fsp3) is 0.500. The van der Waals surface area contributed by atoms with Crippen LogP contribution in [-0.2, 0) is 4.79 Å². The van der Waals surface area contributed by atoms with E-state index >= 15 is 0 Å². The third kappa shape index (κ3) is 3.67. The van der Waals surface area contributed by atoms with Crippen LogP contribution in [0.5, 0.6) is 0 Å². The zero-order valence-corrected chi connectivity index (χ0v) is 11.6. The molecule has 1 aliphatic carbocycles. The molecule has 0 aromatic heterocycles. The molecule has 3 N–H and O–H groups in total. The molecule has 3 nitrogen and oxygen atoms in total. The highest BCUT2D eigenvalue weighted by Crippen LogP contribution is 2.29. The highest BCUT2D eigenvalue weighted by molar-refractivity contribution is 8.00. The number of carbonyl (C=O) groups is 1. The summed E-state index contributed by atoms with van der Waals surface area (Å²) in [6.45, 7) is 1.96. The Kier molecular flexibility index (Phi) is 4.53. The normalized spacial score (nSPS) is 15.8. The molecular formula is C14H20N2OS. The SMILES string of the molecule is Cc1ccc(NC(=O)CSC2CCCC2)cc1N. The van der Waals surface area contributed by atoms with E-state index in [0.29, 0.717) is 11.0 Å². The zero-order chi connectivity index (χ0) is 13.0. The first-order valence-corrected chi connectivity index (χ1v) is 7.47. The van der Waals surface area contributed by atoms with Crippen LogP contribution in [0.15, 0.2) is 18.2 Å². The average molecular weight is 264 g/mol. The molecule has 0 unspecified atom stereocenters. The van der Waals surface area contributed by atoms with E-state index in [1.54, 1.807) is 11.8 Å². The Morgan fingerprint density at radius 3 is 2.83 bits per heavy atom. The number of aryl methyl sites for hydroxylation is 1. The maximum absolute atomic E-state index is 11.8. The maximum atomic E-state index is 11.8. The Labute approximate surface area is 113 Å². The van der Waals surface area contributed by atoms with E-state index in [4.69, 9.17) is 5.73 Å². The minimum Gasteiger partial charge on any atom is -0.398 e. The standard InChI is InChI=1S/C14H20N2OS/c1-10-6-7-11(8-13(10)15)16-14(17)9-18-12-4-2-3-5-12/h6-8,12H,2-5,9,15H2,1H3,(H,16,17). The molecule has 1 saturated carbocycles. The van der Waals surface area contributed by atoms with E-state index < -0.39 is 0 Å². The first kappa shape index (κ1) is 13.3. The van der Waals surface area contributed by atoms with Crippen molar-refractivity contribution in [2.24, 2.45) is 0 Å². The third-order valence-corrected chi connectivity index (χ3v) is 4.69. The predicted molar refractivity (Wildman–Crippen MR) is 78.9 cm³/mol. The molecule has 0 radical (unpaired) electrons. The number of nitrogens with two attached hydrogens (primary N) is 1. The number of nitrogen functional groups attached to an aromatic ring is 1. The molecule has 0 aliphatic heterocycles. The van der Waals surface area contributed by atoms with Gasteiger partial charge in [0.15, 0.2) is 0 Å². The number of rotatable bonds is 4. The summed E-state index contributed by atoms with van der Waals surface area (Å²) in [6.07, 6.45) is 5.15. The molecule has 1 aliphatic rings. The minimum absolute atomic E-state index is 0.0650. The van der Waals surface area contributed by atoms with Crippen LogP contribution < -0.4 is 11.1 Å². The topological polar surface area (TPSA) is 55.1 Å². The Balaban J connectivity index is 1.80. The van der Waals surface area contributed by atoms with Gasteiger partial charge in [0.1, 0.15) is 0 Å². The molecule has 98 valence electrons. The monoisotopic (exact) mass is 264 g/mol. The summed E-state index contributed by atoms with van der Waals surface area (Å²) in [5.41, 5.74) is 8.35. The Hall–Kier alpha value is -1.16. The van der Waals surface area contributed by atoms with E-state index in [0.717, 1.165) is 16.9 Å². The molecule has 0 bridgehead atoms. The number of hydrogen-bond donors (Lipinski definition) is 2. The molecule has 2 rings (SSSR count). The maximum Gasteiger partial charge on any atom is 0.234 e. The molecule has 18 heavy (non-hydrogen) atoms. The van der Waals surface area contributed by atoms with Crippen molar-refractivity contribution in [1.82, 2.24) is 0 Å². The zero-order valence-electron chi connectivity index (χ0n) is 10.7. The first-order chi connectivity index (χ1) is 8.65. The van der Waals surface area contributed by atoms with Crippen LogP contribution in [-0.4, -0.2) is 16.9 Å². The molecule has 0 heterocycles. The van der Waals surface area contributed by atoms with Crippen molar-refractivity contribution < 1.29 is 4.79 Å². The van der Waals surface area contributed by atoms with Crippen LogP contribution in [0.4, 0.5) is 11.4 Å². The van der Waals surface area contributed by atoms with Crippen molar-refractivity contribution in [2.75, 3.05) is 16.8 Å². The summed E-state index contributed by atoms with van der Waals surface area (Å²) in [5, 5.41) is 3.57. The summed E-state index contributed by atoms with van der Waals surface area (Å²) in [6, 6.07) is 5.63. The number of carbonyl (C=O) groups excluding carboxylic acids is 1. The van der Waals surface area contributed by atoms with E-state index in [-0.39, 0.29) is 5.91 Å². The smallest absolute Gasteiger partial charge is 0.234 e. The van der Waals surface area contributed by atoms with E-state index in [2.05, 4.69) is 5.32 Å². The number of thioether (sulfide) groups is 1. The summed E-state index contributed by atoms with van der Waals surface area (Å²) in [4.78, 5) is 11.8. The lowest BCUT2D eigenvalue weighted by molar-refractivity contribution is -0.113. The Morgan fingerprint density at radius 1 is 1.44 bits per heavy atom. The van der Waals surface area contributed by atoms with Crippen LogP contribution in [0.3, 0.4) is 0 Å². The van der Waals surface area contributed by atoms with Gasteiger partial charge < -0.3 is 11.1 Å². The molecule has 4 heteroatoms. The Morgan fingerprint density at radius 2 is 2.17 bits per heavy atom. The summed E-state index contributed by atoms with van der Waals surface area (Å²) >= 11 is 1.78. The van der Waals surface area contributed by atoms with Crippen molar-refractivity contribution in [3.63, 3.8) is 0 Å².